The highest BCUT2D eigenvalue weighted by Crippen LogP contribution is 2.38. The van der Waals surface area contributed by atoms with Gasteiger partial charge in [-0.2, -0.15) is 10.5 Å². The van der Waals surface area contributed by atoms with Crippen molar-refractivity contribution in [3.63, 3.8) is 0 Å². The maximum atomic E-state index is 9.55. The van der Waals surface area contributed by atoms with Gasteiger partial charge >= 0.3 is 0 Å². The molecule has 1 aromatic rings. The zero-order chi connectivity index (χ0) is 17.9. The fourth-order valence-corrected chi connectivity index (χ4v) is 3.44. The molecular formula is C22H28N2. The summed E-state index contributed by atoms with van der Waals surface area (Å²) in [6.45, 7) is 8.62. The van der Waals surface area contributed by atoms with E-state index in [9.17, 15) is 10.5 Å². The molecule has 0 aliphatic carbocycles. The quantitative estimate of drug-likeness (QED) is 0.528. The molecule has 0 aromatic heterocycles. The summed E-state index contributed by atoms with van der Waals surface area (Å²) in [6.07, 6.45) is 6.04. The van der Waals surface area contributed by atoms with Gasteiger partial charge in [0, 0.05) is 5.92 Å². The van der Waals surface area contributed by atoms with Crippen LogP contribution in [0.4, 0.5) is 0 Å². The molecule has 1 unspecified atom stereocenters. The summed E-state index contributed by atoms with van der Waals surface area (Å²) in [5.74, 6) is -0.823. The molecule has 2 heteroatoms. The summed E-state index contributed by atoms with van der Waals surface area (Å²) in [5, 5.41) is 19.1. The normalized spacial score (nSPS) is 13.9. The maximum Gasteiger partial charge on any atom is 0.143 e. The van der Waals surface area contributed by atoms with Crippen LogP contribution < -0.4 is 0 Å². The Balaban J connectivity index is 3.63. The lowest BCUT2D eigenvalue weighted by molar-refractivity contribution is 0.660. The smallest absolute Gasteiger partial charge is 0.143 e. The average molecular weight is 320 g/mol. The molecule has 0 saturated heterocycles. The largest absolute Gasteiger partial charge is 0.197 e. The van der Waals surface area contributed by atoms with Crippen LogP contribution in [0.5, 0.6) is 0 Å². The van der Waals surface area contributed by atoms with Crippen molar-refractivity contribution in [2.75, 3.05) is 0 Å². The van der Waals surface area contributed by atoms with E-state index in [2.05, 4.69) is 45.9 Å². The summed E-state index contributed by atoms with van der Waals surface area (Å²) in [7, 11) is 0. The van der Waals surface area contributed by atoms with Gasteiger partial charge in [-0.3, -0.25) is 0 Å². The molecule has 0 N–H and O–H groups in total. The Bertz CT molecular complexity index is 639. The molecule has 0 amide bonds. The average Bonchev–Trinajstić information content (AvgIpc) is 2.64. The zero-order valence-electron chi connectivity index (χ0n) is 15.3. The van der Waals surface area contributed by atoms with Crippen LogP contribution in [0.15, 0.2) is 53.1 Å². The predicted molar refractivity (Wildman–Crippen MR) is 100 cm³/mol. The Hall–Kier alpha value is -2.32. The molecule has 1 atom stereocenters. The Morgan fingerprint density at radius 2 is 1.58 bits per heavy atom. The van der Waals surface area contributed by atoms with Gasteiger partial charge in [0.15, 0.2) is 0 Å². The van der Waals surface area contributed by atoms with Crippen LogP contribution in [-0.4, -0.2) is 0 Å². The van der Waals surface area contributed by atoms with E-state index in [4.69, 9.17) is 0 Å². The number of allylic oxidation sites excluding steroid dienone is 4. The van der Waals surface area contributed by atoms with Crippen LogP contribution in [0.3, 0.4) is 0 Å². The van der Waals surface area contributed by atoms with Crippen molar-refractivity contribution in [2.24, 2.45) is 5.92 Å². The van der Waals surface area contributed by atoms with Gasteiger partial charge in [-0.25, -0.2) is 0 Å². The number of benzene rings is 1. The second kappa shape index (κ2) is 10.5. The third-order valence-corrected chi connectivity index (χ3v) is 4.49. The van der Waals surface area contributed by atoms with Gasteiger partial charge in [0.2, 0.25) is 0 Å². The first-order valence-corrected chi connectivity index (χ1v) is 8.93. The minimum absolute atomic E-state index is 0.159. The summed E-state index contributed by atoms with van der Waals surface area (Å²) < 4.78 is 0. The van der Waals surface area contributed by atoms with Crippen LogP contribution in [0.25, 0.3) is 0 Å². The molecule has 0 bridgehead atoms. The van der Waals surface area contributed by atoms with Crippen molar-refractivity contribution < 1.29 is 0 Å². The molecule has 0 fully saturated rings. The fourth-order valence-electron chi connectivity index (χ4n) is 3.44. The van der Waals surface area contributed by atoms with Crippen molar-refractivity contribution in [1.29, 1.82) is 10.5 Å². The fraction of sp³-hybridized carbons (Fsp3) is 0.455. The number of hydrogen-bond donors (Lipinski definition) is 0. The highest BCUT2D eigenvalue weighted by Gasteiger charge is 2.28. The molecule has 0 radical (unpaired) electrons. The molecule has 0 spiro atoms. The number of nitrogens with zero attached hydrogens (tertiary/aromatic N) is 2. The SMILES string of the molecule is CC/C=C(CC)/C(CC)=C(\CC)C(c1ccccc1)C(C#N)C#N. The van der Waals surface area contributed by atoms with Gasteiger partial charge in [0.05, 0.1) is 12.1 Å². The zero-order valence-corrected chi connectivity index (χ0v) is 15.3. The van der Waals surface area contributed by atoms with Crippen LogP contribution in [0, 0.1) is 28.6 Å². The first kappa shape index (κ1) is 19.7. The van der Waals surface area contributed by atoms with E-state index in [1.165, 1.54) is 16.7 Å². The molecule has 0 aliphatic heterocycles. The third kappa shape index (κ3) is 4.59. The Morgan fingerprint density at radius 1 is 0.958 bits per heavy atom. The summed E-state index contributed by atoms with van der Waals surface area (Å²) >= 11 is 0. The highest BCUT2D eigenvalue weighted by molar-refractivity contribution is 5.43. The van der Waals surface area contributed by atoms with Crippen molar-refractivity contribution in [2.45, 2.75) is 59.3 Å². The van der Waals surface area contributed by atoms with Crippen molar-refractivity contribution >= 4 is 0 Å². The molecule has 0 heterocycles. The lowest BCUT2D eigenvalue weighted by Crippen LogP contribution is -2.15. The number of hydrogen-bond acceptors (Lipinski definition) is 2. The lowest BCUT2D eigenvalue weighted by atomic mass is 9.76. The first-order chi connectivity index (χ1) is 11.7. The Morgan fingerprint density at radius 3 is 2.00 bits per heavy atom. The molecule has 2 nitrogen and oxygen atoms in total. The van der Waals surface area contributed by atoms with E-state index in [1.807, 2.05) is 30.3 Å². The molecule has 1 aromatic carbocycles. The van der Waals surface area contributed by atoms with E-state index >= 15 is 0 Å². The Kier molecular flexibility index (Phi) is 8.59. The molecule has 0 aliphatic rings. The van der Waals surface area contributed by atoms with Gasteiger partial charge in [-0.05, 0) is 42.4 Å². The minimum atomic E-state index is -0.663. The number of nitriles is 2. The highest BCUT2D eigenvalue weighted by atomic mass is 14.4. The Labute approximate surface area is 147 Å². The van der Waals surface area contributed by atoms with Gasteiger partial charge in [-0.1, -0.05) is 69.7 Å². The van der Waals surface area contributed by atoms with E-state index in [1.54, 1.807) is 0 Å². The standard InChI is InChI=1S/C22H28N2/c1-5-12-17(6-2)20(7-3)21(8-4)22(19(15-23)16-24)18-13-10-9-11-14-18/h9-14,19,22H,5-8H2,1-4H3/b17-12+,21-20+. The second-order valence-electron chi connectivity index (χ2n) is 5.83. The van der Waals surface area contributed by atoms with Gasteiger partial charge in [-0.15, -0.1) is 0 Å². The van der Waals surface area contributed by atoms with E-state index < -0.39 is 5.92 Å². The molecule has 126 valence electrons. The van der Waals surface area contributed by atoms with E-state index in [0.29, 0.717) is 0 Å². The van der Waals surface area contributed by atoms with Crippen molar-refractivity contribution in [3.05, 3.63) is 58.7 Å². The predicted octanol–water partition coefficient (Wildman–Crippen LogP) is 6.30. The van der Waals surface area contributed by atoms with Gasteiger partial charge in [0.1, 0.15) is 5.92 Å². The first-order valence-electron chi connectivity index (χ1n) is 8.93. The lowest BCUT2D eigenvalue weighted by Gasteiger charge is -2.25. The molecule has 0 saturated carbocycles. The van der Waals surface area contributed by atoms with E-state index in [-0.39, 0.29) is 5.92 Å². The molecule has 24 heavy (non-hydrogen) atoms. The van der Waals surface area contributed by atoms with Gasteiger partial charge in [0.25, 0.3) is 0 Å². The van der Waals surface area contributed by atoms with Crippen LogP contribution in [0.1, 0.15) is 64.9 Å². The number of rotatable bonds is 8. The third-order valence-electron chi connectivity index (χ3n) is 4.49. The molecular weight excluding hydrogens is 292 g/mol. The minimum Gasteiger partial charge on any atom is -0.197 e. The van der Waals surface area contributed by atoms with Crippen LogP contribution in [-0.2, 0) is 0 Å². The topological polar surface area (TPSA) is 47.6 Å². The van der Waals surface area contributed by atoms with Crippen molar-refractivity contribution in [3.8, 4) is 12.1 Å². The summed E-state index contributed by atoms with van der Waals surface area (Å²) in [5.41, 5.74) is 4.97. The van der Waals surface area contributed by atoms with E-state index in [0.717, 1.165) is 31.2 Å². The second-order valence-corrected chi connectivity index (χ2v) is 5.83. The molecule has 1 rings (SSSR count). The summed E-state index contributed by atoms with van der Waals surface area (Å²) in [6, 6.07) is 14.4. The maximum absolute atomic E-state index is 9.55. The van der Waals surface area contributed by atoms with Crippen molar-refractivity contribution in [1.82, 2.24) is 0 Å². The summed E-state index contributed by atoms with van der Waals surface area (Å²) in [4.78, 5) is 0. The van der Waals surface area contributed by atoms with Crippen LogP contribution >= 0.6 is 0 Å². The monoisotopic (exact) mass is 320 g/mol. The van der Waals surface area contributed by atoms with Crippen LogP contribution in [0.2, 0.25) is 0 Å². The van der Waals surface area contributed by atoms with Gasteiger partial charge < -0.3 is 0 Å².